The van der Waals surface area contributed by atoms with Crippen LogP contribution in [0.4, 0.5) is 0 Å². The van der Waals surface area contributed by atoms with Gasteiger partial charge in [0.2, 0.25) is 0 Å². The third kappa shape index (κ3) is 3.90. The van der Waals surface area contributed by atoms with Crippen LogP contribution in [0.2, 0.25) is 8.67 Å². The average Bonchev–Trinajstić information content (AvgIpc) is 2.54. The van der Waals surface area contributed by atoms with Crippen LogP contribution < -0.4 is 5.32 Å². The second kappa shape index (κ2) is 5.69. The molecule has 0 amide bonds. The normalized spacial score (nSPS) is 14.1. The number of nitrogens with one attached hydrogen (secondary N) is 1. The van der Waals surface area contributed by atoms with Crippen molar-refractivity contribution in [3.8, 4) is 0 Å². The van der Waals surface area contributed by atoms with Crippen LogP contribution in [0, 0.1) is 5.41 Å². The molecule has 0 radical (unpaired) electrons. The van der Waals surface area contributed by atoms with Crippen LogP contribution in [0.3, 0.4) is 0 Å². The molecule has 1 aromatic rings. The first-order valence-corrected chi connectivity index (χ1v) is 6.72. The van der Waals surface area contributed by atoms with Gasteiger partial charge in [-0.1, -0.05) is 37.0 Å². The zero-order valence-electron chi connectivity index (χ0n) is 9.68. The zero-order valence-corrected chi connectivity index (χ0v) is 12.0. The van der Waals surface area contributed by atoms with Crippen LogP contribution >= 0.6 is 34.5 Å². The highest BCUT2D eigenvalue weighted by molar-refractivity contribution is 7.20. The molecule has 1 heterocycles. The lowest BCUT2D eigenvalue weighted by molar-refractivity contribution is 0.154. The van der Waals surface area contributed by atoms with Crippen molar-refractivity contribution in [1.82, 2.24) is 5.32 Å². The lowest BCUT2D eigenvalue weighted by Crippen LogP contribution is -2.33. The van der Waals surface area contributed by atoms with Crippen molar-refractivity contribution in [1.29, 1.82) is 0 Å². The van der Waals surface area contributed by atoms with Crippen LogP contribution in [0.25, 0.3) is 0 Å². The quantitative estimate of drug-likeness (QED) is 0.862. The molecule has 0 aliphatic carbocycles. The van der Waals surface area contributed by atoms with Gasteiger partial charge in [0.25, 0.3) is 0 Å². The number of rotatable bonds is 5. The Kier molecular flexibility index (Phi) is 5.08. The summed E-state index contributed by atoms with van der Waals surface area (Å²) >= 11 is 13.3. The van der Waals surface area contributed by atoms with Crippen molar-refractivity contribution >= 4 is 34.5 Å². The summed E-state index contributed by atoms with van der Waals surface area (Å²) in [6, 6.07) is 2.03. The second-order valence-corrected chi connectivity index (χ2v) is 6.99. The van der Waals surface area contributed by atoms with Gasteiger partial charge < -0.3 is 10.4 Å². The van der Waals surface area contributed by atoms with E-state index in [9.17, 15) is 0 Å². The fourth-order valence-electron chi connectivity index (χ4n) is 1.24. The van der Waals surface area contributed by atoms with Crippen LogP contribution in [0.1, 0.15) is 32.4 Å². The monoisotopic (exact) mass is 281 g/mol. The number of aliphatic hydroxyl groups excluding tert-OH is 1. The van der Waals surface area contributed by atoms with Crippen molar-refractivity contribution in [2.24, 2.45) is 5.41 Å². The Labute approximate surface area is 111 Å². The van der Waals surface area contributed by atoms with E-state index in [1.165, 1.54) is 11.3 Å². The zero-order chi connectivity index (χ0) is 12.3. The Morgan fingerprint density at radius 3 is 2.56 bits per heavy atom. The minimum atomic E-state index is -0.124. The summed E-state index contributed by atoms with van der Waals surface area (Å²) in [6.45, 7) is 6.95. The summed E-state index contributed by atoms with van der Waals surface area (Å²) in [4.78, 5) is 0. The van der Waals surface area contributed by atoms with E-state index in [4.69, 9.17) is 28.3 Å². The maximum atomic E-state index is 9.15. The summed E-state index contributed by atoms with van der Waals surface area (Å²) in [5, 5.41) is 12.5. The summed E-state index contributed by atoms with van der Waals surface area (Å²) < 4.78 is 1.43. The van der Waals surface area contributed by atoms with Gasteiger partial charge in [0.15, 0.2) is 0 Å². The maximum Gasteiger partial charge on any atom is 0.0991 e. The topological polar surface area (TPSA) is 32.3 Å². The van der Waals surface area contributed by atoms with E-state index in [0.29, 0.717) is 4.34 Å². The Hall–Kier alpha value is 0.200. The predicted octanol–water partition coefficient (Wildman–Crippen LogP) is 3.72. The number of hydrogen-bond donors (Lipinski definition) is 2. The summed E-state index contributed by atoms with van der Waals surface area (Å²) in [6.07, 6.45) is 0. The third-order valence-electron chi connectivity index (χ3n) is 2.46. The average molecular weight is 282 g/mol. The molecule has 2 nitrogen and oxygen atoms in total. The molecule has 1 atom stereocenters. The number of aliphatic hydroxyl groups is 1. The van der Waals surface area contributed by atoms with Gasteiger partial charge in [0.1, 0.15) is 0 Å². The molecule has 92 valence electrons. The molecule has 0 aromatic carbocycles. The fraction of sp³-hybridized carbons (Fsp3) is 0.636. The fourth-order valence-corrected chi connectivity index (χ4v) is 2.89. The molecular formula is C11H17Cl2NOS. The Balaban J connectivity index is 2.59. The minimum absolute atomic E-state index is 0.124. The maximum absolute atomic E-state index is 9.15. The van der Waals surface area contributed by atoms with E-state index >= 15 is 0 Å². The molecule has 2 N–H and O–H groups in total. The van der Waals surface area contributed by atoms with Gasteiger partial charge in [-0.15, -0.1) is 11.3 Å². The third-order valence-corrected chi connectivity index (χ3v) is 3.98. The largest absolute Gasteiger partial charge is 0.396 e. The Bertz CT molecular complexity index is 352. The second-order valence-electron chi connectivity index (χ2n) is 4.70. The van der Waals surface area contributed by atoms with Crippen LogP contribution in [0.15, 0.2) is 6.07 Å². The smallest absolute Gasteiger partial charge is 0.0991 e. The minimum Gasteiger partial charge on any atom is -0.396 e. The van der Waals surface area contributed by atoms with Gasteiger partial charge >= 0.3 is 0 Å². The highest BCUT2D eigenvalue weighted by Gasteiger charge is 2.19. The lowest BCUT2D eigenvalue weighted by Gasteiger charge is -2.24. The van der Waals surface area contributed by atoms with Gasteiger partial charge in [0, 0.05) is 24.6 Å². The molecule has 16 heavy (non-hydrogen) atoms. The molecule has 0 aliphatic heterocycles. The molecule has 0 saturated carbocycles. The molecule has 5 heteroatoms. The molecule has 1 aromatic heterocycles. The van der Waals surface area contributed by atoms with Crippen molar-refractivity contribution in [2.75, 3.05) is 13.2 Å². The van der Waals surface area contributed by atoms with E-state index in [0.717, 1.165) is 16.4 Å². The van der Waals surface area contributed by atoms with Crippen LogP contribution in [-0.2, 0) is 0 Å². The van der Waals surface area contributed by atoms with E-state index in [1.807, 2.05) is 26.8 Å². The molecule has 1 rings (SSSR count). The Morgan fingerprint density at radius 1 is 1.50 bits per heavy atom. The van der Waals surface area contributed by atoms with Crippen LogP contribution in [0.5, 0.6) is 0 Å². The first-order chi connectivity index (χ1) is 7.35. The lowest BCUT2D eigenvalue weighted by atomic mass is 9.94. The molecule has 1 unspecified atom stereocenters. The number of hydrogen-bond acceptors (Lipinski definition) is 3. The number of halogens is 2. The predicted molar refractivity (Wildman–Crippen MR) is 71.6 cm³/mol. The molecule has 0 fully saturated rings. The summed E-state index contributed by atoms with van der Waals surface area (Å²) in [5.41, 5.74) is 0.894. The summed E-state index contributed by atoms with van der Waals surface area (Å²) in [7, 11) is 0. The van der Waals surface area contributed by atoms with Crippen LogP contribution in [-0.4, -0.2) is 18.3 Å². The van der Waals surface area contributed by atoms with Crippen molar-refractivity contribution in [3.05, 3.63) is 20.3 Å². The SMILES string of the molecule is CC(NCC(C)(C)CO)c1cc(Cl)sc1Cl. The molecule has 0 aliphatic rings. The molecule has 0 bridgehead atoms. The first-order valence-electron chi connectivity index (χ1n) is 5.15. The van der Waals surface area contributed by atoms with E-state index < -0.39 is 0 Å². The van der Waals surface area contributed by atoms with E-state index in [2.05, 4.69) is 5.32 Å². The van der Waals surface area contributed by atoms with E-state index in [1.54, 1.807) is 0 Å². The number of thiophene rings is 1. The van der Waals surface area contributed by atoms with Gasteiger partial charge in [0.05, 0.1) is 8.67 Å². The Morgan fingerprint density at radius 2 is 2.12 bits per heavy atom. The standard InChI is InChI=1S/C11H17Cl2NOS/c1-7(14-5-11(2,3)6-15)8-4-9(12)16-10(8)13/h4,7,14-15H,5-6H2,1-3H3. The molecule has 0 spiro atoms. The van der Waals surface area contributed by atoms with Gasteiger partial charge in [-0.05, 0) is 18.6 Å². The van der Waals surface area contributed by atoms with Gasteiger partial charge in [-0.2, -0.15) is 0 Å². The van der Waals surface area contributed by atoms with Crippen molar-refractivity contribution in [2.45, 2.75) is 26.8 Å². The highest BCUT2D eigenvalue weighted by Crippen LogP contribution is 2.35. The highest BCUT2D eigenvalue weighted by atomic mass is 35.5. The molecule has 0 saturated heterocycles. The van der Waals surface area contributed by atoms with E-state index in [-0.39, 0.29) is 18.1 Å². The van der Waals surface area contributed by atoms with Gasteiger partial charge in [-0.25, -0.2) is 0 Å². The molecular weight excluding hydrogens is 265 g/mol. The van der Waals surface area contributed by atoms with Gasteiger partial charge in [-0.3, -0.25) is 0 Å². The summed E-state index contributed by atoms with van der Waals surface area (Å²) in [5.74, 6) is 0. The first kappa shape index (κ1) is 14.3. The van der Waals surface area contributed by atoms with Crippen molar-refractivity contribution in [3.63, 3.8) is 0 Å². The van der Waals surface area contributed by atoms with Crippen molar-refractivity contribution < 1.29 is 5.11 Å².